The summed E-state index contributed by atoms with van der Waals surface area (Å²) in [5, 5.41) is 4.40. The third kappa shape index (κ3) is 5.76. The highest BCUT2D eigenvalue weighted by Crippen LogP contribution is 2.19. The zero-order valence-electron chi connectivity index (χ0n) is 15.5. The normalized spacial score (nSPS) is 10.2. The summed E-state index contributed by atoms with van der Waals surface area (Å²) in [7, 11) is 0. The Bertz CT molecular complexity index is 970. The molecule has 0 atom stereocenters. The first-order chi connectivity index (χ1) is 14.1. The minimum atomic E-state index is -0.721. The SMILES string of the molecule is O=C(COC(=O)c1ccccc1C(=O)c1cccs1)NCCOc1ccccc1. The topological polar surface area (TPSA) is 81.7 Å². The zero-order valence-corrected chi connectivity index (χ0v) is 16.3. The summed E-state index contributed by atoms with van der Waals surface area (Å²) in [6, 6.07) is 19.1. The van der Waals surface area contributed by atoms with Crippen molar-refractivity contribution in [2.75, 3.05) is 19.8 Å². The van der Waals surface area contributed by atoms with Gasteiger partial charge < -0.3 is 14.8 Å². The summed E-state index contributed by atoms with van der Waals surface area (Å²) in [5.74, 6) is -0.714. The molecule has 0 aliphatic carbocycles. The van der Waals surface area contributed by atoms with Gasteiger partial charge in [-0.05, 0) is 29.6 Å². The molecule has 0 fully saturated rings. The van der Waals surface area contributed by atoms with Crippen LogP contribution in [-0.2, 0) is 9.53 Å². The minimum Gasteiger partial charge on any atom is -0.492 e. The van der Waals surface area contributed by atoms with Crippen LogP contribution in [-0.4, -0.2) is 37.4 Å². The fourth-order valence-electron chi connectivity index (χ4n) is 2.54. The first-order valence-electron chi connectivity index (χ1n) is 8.94. The van der Waals surface area contributed by atoms with Crippen molar-refractivity contribution in [3.63, 3.8) is 0 Å². The van der Waals surface area contributed by atoms with Crippen molar-refractivity contribution < 1.29 is 23.9 Å². The van der Waals surface area contributed by atoms with Crippen molar-refractivity contribution in [3.8, 4) is 5.75 Å². The van der Waals surface area contributed by atoms with Crippen LogP contribution in [0.5, 0.6) is 5.75 Å². The molecule has 0 saturated heterocycles. The maximum absolute atomic E-state index is 12.6. The molecule has 0 unspecified atom stereocenters. The summed E-state index contributed by atoms with van der Waals surface area (Å²) in [6.07, 6.45) is 0. The van der Waals surface area contributed by atoms with Gasteiger partial charge >= 0.3 is 5.97 Å². The summed E-state index contributed by atoms with van der Waals surface area (Å²) < 4.78 is 10.5. The van der Waals surface area contributed by atoms with E-state index in [2.05, 4.69) is 5.32 Å². The van der Waals surface area contributed by atoms with Crippen LogP contribution in [0.4, 0.5) is 0 Å². The van der Waals surface area contributed by atoms with E-state index in [0.29, 0.717) is 17.2 Å². The molecule has 29 heavy (non-hydrogen) atoms. The van der Waals surface area contributed by atoms with E-state index < -0.39 is 18.5 Å². The second kappa shape index (κ2) is 10.2. The van der Waals surface area contributed by atoms with Crippen molar-refractivity contribution in [1.29, 1.82) is 0 Å². The van der Waals surface area contributed by atoms with Gasteiger partial charge in [-0.3, -0.25) is 9.59 Å². The predicted molar refractivity (Wildman–Crippen MR) is 109 cm³/mol. The van der Waals surface area contributed by atoms with E-state index >= 15 is 0 Å². The van der Waals surface area contributed by atoms with E-state index in [9.17, 15) is 14.4 Å². The van der Waals surface area contributed by atoms with Crippen LogP contribution in [0.25, 0.3) is 0 Å². The van der Waals surface area contributed by atoms with Crippen molar-refractivity contribution in [3.05, 3.63) is 88.1 Å². The molecule has 0 saturated carbocycles. The van der Waals surface area contributed by atoms with E-state index in [1.807, 2.05) is 30.3 Å². The lowest BCUT2D eigenvalue weighted by Crippen LogP contribution is -2.32. The monoisotopic (exact) mass is 409 g/mol. The Labute approximate surface area is 172 Å². The fraction of sp³-hybridized carbons (Fsp3) is 0.136. The number of hydrogen-bond acceptors (Lipinski definition) is 6. The number of hydrogen-bond donors (Lipinski definition) is 1. The number of carbonyl (C=O) groups excluding carboxylic acids is 3. The number of nitrogens with one attached hydrogen (secondary N) is 1. The number of ketones is 1. The second-order valence-corrected chi connectivity index (χ2v) is 6.89. The summed E-state index contributed by atoms with van der Waals surface area (Å²) in [5.41, 5.74) is 0.378. The number of para-hydroxylation sites is 1. The van der Waals surface area contributed by atoms with Crippen molar-refractivity contribution in [2.45, 2.75) is 0 Å². The van der Waals surface area contributed by atoms with Crippen LogP contribution in [0.1, 0.15) is 25.6 Å². The molecule has 3 rings (SSSR count). The highest BCUT2D eigenvalue weighted by molar-refractivity contribution is 7.12. The third-order valence-corrected chi connectivity index (χ3v) is 4.78. The maximum atomic E-state index is 12.6. The molecule has 0 radical (unpaired) electrons. The molecular formula is C22H19NO5S. The van der Waals surface area contributed by atoms with Gasteiger partial charge in [0, 0.05) is 5.56 Å². The van der Waals surface area contributed by atoms with Crippen LogP contribution in [0.3, 0.4) is 0 Å². The van der Waals surface area contributed by atoms with Gasteiger partial charge in [0.2, 0.25) is 5.78 Å². The molecule has 6 nitrogen and oxygen atoms in total. The molecule has 1 amide bonds. The second-order valence-electron chi connectivity index (χ2n) is 5.94. The van der Waals surface area contributed by atoms with Crippen LogP contribution in [0.15, 0.2) is 72.1 Å². The zero-order chi connectivity index (χ0) is 20.5. The van der Waals surface area contributed by atoms with Gasteiger partial charge in [-0.15, -0.1) is 11.3 Å². The smallest absolute Gasteiger partial charge is 0.339 e. The van der Waals surface area contributed by atoms with E-state index in [0.717, 1.165) is 0 Å². The van der Waals surface area contributed by atoms with Gasteiger partial charge in [0.05, 0.1) is 17.0 Å². The number of ether oxygens (including phenoxy) is 2. The molecule has 148 valence electrons. The number of esters is 1. The fourth-order valence-corrected chi connectivity index (χ4v) is 3.21. The Morgan fingerprint density at radius 3 is 2.31 bits per heavy atom. The molecule has 0 aliphatic heterocycles. The lowest BCUT2D eigenvalue weighted by molar-refractivity contribution is -0.124. The van der Waals surface area contributed by atoms with E-state index in [-0.39, 0.29) is 23.5 Å². The minimum absolute atomic E-state index is 0.131. The Balaban J connectivity index is 1.48. The Morgan fingerprint density at radius 1 is 0.862 bits per heavy atom. The Hall–Kier alpha value is -3.45. The van der Waals surface area contributed by atoms with E-state index in [1.54, 1.807) is 35.7 Å². The average Bonchev–Trinajstić information content (AvgIpc) is 3.30. The highest BCUT2D eigenvalue weighted by Gasteiger charge is 2.20. The van der Waals surface area contributed by atoms with Gasteiger partial charge in [-0.2, -0.15) is 0 Å². The summed E-state index contributed by atoms with van der Waals surface area (Å²) in [4.78, 5) is 37.4. The molecular weight excluding hydrogens is 390 g/mol. The standard InChI is InChI=1S/C22H19NO5S/c24-20(23-12-13-27-16-7-2-1-3-8-16)15-28-22(26)18-10-5-4-9-17(18)21(25)19-11-6-14-29-19/h1-11,14H,12-13,15H2,(H,23,24). The summed E-state index contributed by atoms with van der Waals surface area (Å²) >= 11 is 1.30. The van der Waals surface area contributed by atoms with Gasteiger partial charge in [0.25, 0.3) is 5.91 Å². The van der Waals surface area contributed by atoms with Crippen LogP contribution in [0, 0.1) is 0 Å². The molecule has 1 N–H and O–H groups in total. The molecule has 3 aromatic rings. The summed E-state index contributed by atoms with van der Waals surface area (Å²) in [6.45, 7) is 0.131. The van der Waals surface area contributed by atoms with Gasteiger partial charge in [-0.1, -0.05) is 42.5 Å². The lowest BCUT2D eigenvalue weighted by atomic mass is 10.0. The van der Waals surface area contributed by atoms with Crippen LogP contribution >= 0.6 is 11.3 Å². The lowest BCUT2D eigenvalue weighted by Gasteiger charge is -2.10. The predicted octanol–water partition coefficient (Wildman–Crippen LogP) is 3.33. The third-order valence-electron chi connectivity index (χ3n) is 3.91. The molecule has 2 aromatic carbocycles. The highest BCUT2D eigenvalue weighted by atomic mass is 32.1. The van der Waals surface area contributed by atoms with Crippen molar-refractivity contribution in [2.24, 2.45) is 0 Å². The number of rotatable bonds is 9. The van der Waals surface area contributed by atoms with Gasteiger partial charge in [-0.25, -0.2) is 4.79 Å². The van der Waals surface area contributed by atoms with Crippen molar-refractivity contribution >= 4 is 29.0 Å². The maximum Gasteiger partial charge on any atom is 0.339 e. The molecule has 1 aromatic heterocycles. The molecule has 1 heterocycles. The van der Waals surface area contributed by atoms with Gasteiger partial charge in [0.1, 0.15) is 12.4 Å². The quantitative estimate of drug-likeness (QED) is 0.333. The first kappa shape index (κ1) is 20.3. The number of thiophene rings is 1. The molecule has 0 bridgehead atoms. The van der Waals surface area contributed by atoms with Gasteiger partial charge in [0.15, 0.2) is 6.61 Å². The Kier molecular flexibility index (Phi) is 7.13. The molecule has 7 heteroatoms. The largest absolute Gasteiger partial charge is 0.492 e. The Morgan fingerprint density at radius 2 is 1.59 bits per heavy atom. The van der Waals surface area contributed by atoms with E-state index in [4.69, 9.17) is 9.47 Å². The number of amides is 1. The van der Waals surface area contributed by atoms with Crippen LogP contribution in [0.2, 0.25) is 0 Å². The van der Waals surface area contributed by atoms with Crippen molar-refractivity contribution in [1.82, 2.24) is 5.32 Å². The number of benzene rings is 2. The first-order valence-corrected chi connectivity index (χ1v) is 9.82. The van der Waals surface area contributed by atoms with E-state index in [1.165, 1.54) is 17.4 Å². The number of carbonyl (C=O) groups is 3. The molecule has 0 spiro atoms. The average molecular weight is 409 g/mol. The molecule has 0 aliphatic rings. The van der Waals surface area contributed by atoms with Crippen LogP contribution < -0.4 is 10.1 Å².